The second-order valence-corrected chi connectivity index (χ2v) is 5.98. The molecule has 24 heavy (non-hydrogen) atoms. The zero-order valence-corrected chi connectivity index (χ0v) is 14.4. The smallest absolute Gasteiger partial charge is 0.355 e. The molecule has 0 aliphatic rings. The van der Waals surface area contributed by atoms with Crippen LogP contribution in [0.25, 0.3) is 0 Å². The molecule has 0 saturated heterocycles. The number of hydrogen-bond acceptors (Lipinski definition) is 4. The fourth-order valence-corrected chi connectivity index (χ4v) is 2.54. The summed E-state index contributed by atoms with van der Waals surface area (Å²) in [7, 11) is 1.28. The molecule has 128 valence electrons. The number of nitrogens with zero attached hydrogens (tertiary/aromatic N) is 1. The van der Waals surface area contributed by atoms with Gasteiger partial charge in [-0.3, -0.25) is 0 Å². The molecule has 1 heterocycles. The Hall–Kier alpha value is -2.56. The summed E-state index contributed by atoms with van der Waals surface area (Å²) < 4.78 is 12.0. The number of aromatic nitrogens is 1. The molecule has 5 heteroatoms. The zero-order chi connectivity index (χ0) is 17.7. The van der Waals surface area contributed by atoms with Gasteiger partial charge in [0.15, 0.2) is 0 Å². The fourth-order valence-electron chi connectivity index (χ4n) is 2.54. The SMILES string of the molecule is COC(=O)[C@H](OC(=O)c1cccn1[C@H](C)c1ccccc1)C(C)C. The first-order valence-electron chi connectivity index (χ1n) is 7.96. The zero-order valence-electron chi connectivity index (χ0n) is 14.4. The third-order valence-electron chi connectivity index (χ3n) is 3.96. The Labute approximate surface area is 142 Å². The van der Waals surface area contributed by atoms with Crippen LogP contribution < -0.4 is 0 Å². The first-order chi connectivity index (χ1) is 11.5. The molecule has 0 unspecified atom stereocenters. The summed E-state index contributed by atoms with van der Waals surface area (Å²) in [5.74, 6) is -1.25. The second-order valence-electron chi connectivity index (χ2n) is 5.98. The summed E-state index contributed by atoms with van der Waals surface area (Å²) in [4.78, 5) is 24.3. The van der Waals surface area contributed by atoms with Crippen LogP contribution in [0.3, 0.4) is 0 Å². The number of carbonyl (C=O) groups excluding carboxylic acids is 2. The van der Waals surface area contributed by atoms with Gasteiger partial charge in [-0.25, -0.2) is 9.59 Å². The summed E-state index contributed by atoms with van der Waals surface area (Å²) in [6.07, 6.45) is 0.912. The van der Waals surface area contributed by atoms with Gasteiger partial charge in [-0.15, -0.1) is 0 Å². The molecule has 0 aliphatic carbocycles. The number of hydrogen-bond donors (Lipinski definition) is 0. The normalized spacial score (nSPS) is 13.4. The standard InChI is InChI=1S/C19H23NO4/c1-13(2)17(19(22)23-4)24-18(21)16-11-8-12-20(16)14(3)15-9-6-5-7-10-15/h5-14,17H,1-4H3/t14-,17-/m1/s1. The predicted octanol–water partition coefficient (Wildman–Crippen LogP) is 3.45. The molecular formula is C19H23NO4. The number of rotatable bonds is 6. The van der Waals surface area contributed by atoms with E-state index in [1.54, 1.807) is 26.0 Å². The van der Waals surface area contributed by atoms with Gasteiger partial charge in [0.1, 0.15) is 5.69 Å². The molecule has 0 radical (unpaired) electrons. The molecule has 5 nitrogen and oxygen atoms in total. The molecule has 0 aliphatic heterocycles. The molecule has 2 rings (SSSR count). The molecule has 0 fully saturated rings. The first-order valence-corrected chi connectivity index (χ1v) is 7.96. The van der Waals surface area contributed by atoms with Crippen LogP contribution in [0.15, 0.2) is 48.7 Å². The van der Waals surface area contributed by atoms with Crippen LogP contribution in [-0.4, -0.2) is 29.7 Å². The van der Waals surface area contributed by atoms with Crippen molar-refractivity contribution in [1.82, 2.24) is 4.57 Å². The van der Waals surface area contributed by atoms with Crippen molar-refractivity contribution in [2.24, 2.45) is 5.92 Å². The number of methoxy groups -OCH3 is 1. The predicted molar refractivity (Wildman–Crippen MR) is 90.7 cm³/mol. The van der Waals surface area contributed by atoms with Gasteiger partial charge < -0.3 is 14.0 Å². The highest BCUT2D eigenvalue weighted by atomic mass is 16.6. The van der Waals surface area contributed by atoms with E-state index >= 15 is 0 Å². The topological polar surface area (TPSA) is 57.5 Å². The number of benzene rings is 1. The van der Waals surface area contributed by atoms with E-state index in [4.69, 9.17) is 9.47 Å². The van der Waals surface area contributed by atoms with Crippen LogP contribution in [0.2, 0.25) is 0 Å². The molecule has 2 aromatic rings. The number of ether oxygens (including phenoxy) is 2. The van der Waals surface area contributed by atoms with Crippen LogP contribution in [0.4, 0.5) is 0 Å². The van der Waals surface area contributed by atoms with Crippen LogP contribution in [-0.2, 0) is 14.3 Å². The summed E-state index contributed by atoms with van der Waals surface area (Å²) in [5.41, 5.74) is 1.48. The van der Waals surface area contributed by atoms with Crippen molar-refractivity contribution in [3.05, 3.63) is 59.9 Å². The van der Waals surface area contributed by atoms with Crippen LogP contribution in [0.5, 0.6) is 0 Å². The molecule has 0 spiro atoms. The highest BCUT2D eigenvalue weighted by Gasteiger charge is 2.29. The molecule has 0 bridgehead atoms. The lowest BCUT2D eigenvalue weighted by Crippen LogP contribution is -2.33. The van der Waals surface area contributed by atoms with Gasteiger partial charge in [-0.2, -0.15) is 0 Å². The van der Waals surface area contributed by atoms with Crippen molar-refractivity contribution in [2.45, 2.75) is 32.9 Å². The third kappa shape index (κ3) is 3.85. The van der Waals surface area contributed by atoms with Crippen molar-refractivity contribution in [3.8, 4) is 0 Å². The lowest BCUT2D eigenvalue weighted by Gasteiger charge is -2.21. The fraction of sp³-hybridized carbons (Fsp3) is 0.368. The maximum absolute atomic E-state index is 12.5. The lowest BCUT2D eigenvalue weighted by molar-refractivity contribution is -0.153. The molecule has 1 aromatic carbocycles. The lowest BCUT2D eigenvalue weighted by atomic mass is 10.1. The van der Waals surface area contributed by atoms with Gasteiger partial charge in [0.05, 0.1) is 13.2 Å². The average molecular weight is 329 g/mol. The van der Waals surface area contributed by atoms with Crippen LogP contribution in [0, 0.1) is 5.92 Å². The summed E-state index contributed by atoms with van der Waals surface area (Å²) in [6.45, 7) is 5.62. The first kappa shape index (κ1) is 17.8. The van der Waals surface area contributed by atoms with Crippen molar-refractivity contribution < 1.29 is 19.1 Å². The summed E-state index contributed by atoms with van der Waals surface area (Å²) in [5, 5.41) is 0. The highest BCUT2D eigenvalue weighted by molar-refractivity contribution is 5.90. The Kier molecular flexibility index (Phi) is 5.79. The van der Waals surface area contributed by atoms with Crippen LogP contribution in [0.1, 0.15) is 42.9 Å². The van der Waals surface area contributed by atoms with E-state index in [0.29, 0.717) is 5.69 Å². The number of carbonyl (C=O) groups is 2. The van der Waals surface area contributed by atoms with E-state index in [0.717, 1.165) is 5.56 Å². The average Bonchev–Trinajstić information content (AvgIpc) is 3.08. The van der Waals surface area contributed by atoms with E-state index in [2.05, 4.69) is 0 Å². The Morgan fingerprint density at radius 1 is 1.00 bits per heavy atom. The van der Waals surface area contributed by atoms with E-state index < -0.39 is 18.0 Å². The van der Waals surface area contributed by atoms with E-state index in [9.17, 15) is 9.59 Å². The van der Waals surface area contributed by atoms with Gasteiger partial charge in [0.2, 0.25) is 6.10 Å². The minimum atomic E-state index is -0.919. The van der Waals surface area contributed by atoms with Gasteiger partial charge in [0.25, 0.3) is 0 Å². The van der Waals surface area contributed by atoms with Crippen LogP contribution >= 0.6 is 0 Å². The largest absolute Gasteiger partial charge is 0.466 e. The maximum atomic E-state index is 12.5. The van der Waals surface area contributed by atoms with Crippen molar-refractivity contribution in [3.63, 3.8) is 0 Å². The van der Waals surface area contributed by atoms with Gasteiger partial charge >= 0.3 is 11.9 Å². The molecule has 0 N–H and O–H groups in total. The highest BCUT2D eigenvalue weighted by Crippen LogP contribution is 2.21. The molecular weight excluding hydrogens is 306 g/mol. The Morgan fingerprint density at radius 3 is 2.25 bits per heavy atom. The Bertz CT molecular complexity index is 690. The monoisotopic (exact) mass is 329 g/mol. The molecule has 1 aromatic heterocycles. The minimum absolute atomic E-state index is 0.0284. The minimum Gasteiger partial charge on any atom is -0.466 e. The quantitative estimate of drug-likeness (QED) is 0.762. The van der Waals surface area contributed by atoms with E-state index in [1.807, 2.05) is 48.0 Å². The van der Waals surface area contributed by atoms with E-state index in [1.165, 1.54) is 7.11 Å². The van der Waals surface area contributed by atoms with Gasteiger partial charge in [0, 0.05) is 12.1 Å². The molecule has 2 atom stereocenters. The van der Waals surface area contributed by atoms with Crippen molar-refractivity contribution >= 4 is 11.9 Å². The van der Waals surface area contributed by atoms with E-state index in [-0.39, 0.29) is 12.0 Å². The van der Waals surface area contributed by atoms with Crippen molar-refractivity contribution in [2.75, 3.05) is 7.11 Å². The maximum Gasteiger partial charge on any atom is 0.355 e. The third-order valence-corrected chi connectivity index (χ3v) is 3.96. The Morgan fingerprint density at radius 2 is 1.67 bits per heavy atom. The van der Waals surface area contributed by atoms with Gasteiger partial charge in [-0.1, -0.05) is 44.2 Å². The summed E-state index contributed by atoms with van der Waals surface area (Å²) in [6, 6.07) is 13.3. The molecule has 0 saturated carbocycles. The Balaban J connectivity index is 2.23. The second kappa shape index (κ2) is 7.81. The van der Waals surface area contributed by atoms with Gasteiger partial charge in [-0.05, 0) is 24.6 Å². The summed E-state index contributed by atoms with van der Waals surface area (Å²) >= 11 is 0. The number of esters is 2. The molecule has 0 amide bonds. The van der Waals surface area contributed by atoms with Crippen molar-refractivity contribution in [1.29, 1.82) is 0 Å².